The van der Waals surface area contributed by atoms with Gasteiger partial charge in [-0.25, -0.2) is 9.97 Å². The third-order valence-electron chi connectivity index (χ3n) is 6.46. The van der Waals surface area contributed by atoms with Crippen LogP contribution in [0.3, 0.4) is 0 Å². The van der Waals surface area contributed by atoms with Crippen LogP contribution >= 0.6 is 0 Å². The molecule has 2 aromatic rings. The normalized spacial score (nSPS) is 18.0. The van der Waals surface area contributed by atoms with Gasteiger partial charge in [-0.2, -0.15) is 0 Å². The monoisotopic (exact) mass is 449 g/mol. The van der Waals surface area contributed by atoms with Crippen LogP contribution in [-0.4, -0.2) is 26.1 Å². The van der Waals surface area contributed by atoms with E-state index in [9.17, 15) is 15.0 Å². The van der Waals surface area contributed by atoms with Crippen LogP contribution in [0.1, 0.15) is 85.8 Å². The van der Waals surface area contributed by atoms with Crippen molar-refractivity contribution in [1.82, 2.24) is 15.3 Å². The average molecular weight is 450 g/mol. The van der Waals surface area contributed by atoms with E-state index in [-0.39, 0.29) is 41.4 Å². The molecule has 6 nitrogen and oxygen atoms in total. The molecule has 0 bridgehead atoms. The zero-order chi connectivity index (χ0) is 24.0. The maximum atomic E-state index is 13.3. The lowest BCUT2D eigenvalue weighted by Gasteiger charge is -2.32. The van der Waals surface area contributed by atoms with E-state index < -0.39 is 0 Å². The van der Waals surface area contributed by atoms with Crippen LogP contribution in [0.4, 0.5) is 0 Å². The van der Waals surface area contributed by atoms with Crippen molar-refractivity contribution in [2.24, 2.45) is 5.92 Å². The van der Waals surface area contributed by atoms with Crippen molar-refractivity contribution in [1.29, 1.82) is 0 Å². The highest BCUT2D eigenvalue weighted by Gasteiger charge is 2.33. The number of hydrogen-bond donors (Lipinski definition) is 3. The predicted octanol–water partition coefficient (Wildman–Crippen LogP) is 5.57. The molecule has 0 aliphatic heterocycles. The van der Waals surface area contributed by atoms with E-state index in [1.807, 2.05) is 6.92 Å². The van der Waals surface area contributed by atoms with Gasteiger partial charge >= 0.3 is 0 Å². The maximum Gasteiger partial charge on any atom is 0.255 e. The second-order valence-electron chi connectivity index (χ2n) is 9.11. The molecule has 0 spiro atoms. The fourth-order valence-electron chi connectivity index (χ4n) is 4.67. The summed E-state index contributed by atoms with van der Waals surface area (Å²) in [4.78, 5) is 21.3. The molecule has 3 rings (SSSR count). The zero-order valence-corrected chi connectivity index (χ0v) is 19.9. The molecule has 6 heteroatoms. The Morgan fingerprint density at radius 1 is 1.24 bits per heavy atom. The fraction of sp³-hybridized carbons (Fsp3) is 0.444. The first kappa shape index (κ1) is 24.5. The van der Waals surface area contributed by atoms with Crippen molar-refractivity contribution < 1.29 is 15.0 Å². The molecule has 1 aliphatic rings. The summed E-state index contributed by atoms with van der Waals surface area (Å²) in [6.45, 7) is 10.5. The van der Waals surface area contributed by atoms with Gasteiger partial charge in [0, 0.05) is 36.0 Å². The van der Waals surface area contributed by atoms with Crippen molar-refractivity contribution in [2.75, 3.05) is 0 Å². The molecular weight excluding hydrogens is 414 g/mol. The van der Waals surface area contributed by atoms with Crippen molar-refractivity contribution in [3.8, 4) is 11.5 Å². The highest BCUT2D eigenvalue weighted by Crippen LogP contribution is 2.48. The van der Waals surface area contributed by atoms with Crippen molar-refractivity contribution in [3.63, 3.8) is 0 Å². The van der Waals surface area contributed by atoms with Gasteiger partial charge in [0.15, 0.2) is 0 Å². The third-order valence-corrected chi connectivity index (χ3v) is 6.46. The summed E-state index contributed by atoms with van der Waals surface area (Å²) < 4.78 is 0. The number of benzene rings is 1. The lowest BCUT2D eigenvalue weighted by atomic mass is 9.73. The minimum Gasteiger partial charge on any atom is -0.507 e. The summed E-state index contributed by atoms with van der Waals surface area (Å²) in [5, 5.41) is 25.3. The Labute approximate surface area is 196 Å². The second kappa shape index (κ2) is 11.1. The van der Waals surface area contributed by atoms with Crippen molar-refractivity contribution >= 4 is 5.91 Å². The number of aromatic hydroxyl groups is 2. The number of phenols is 2. The minimum atomic E-state index is -0.368. The minimum absolute atomic E-state index is 0.0363. The molecule has 1 aromatic heterocycles. The summed E-state index contributed by atoms with van der Waals surface area (Å²) in [5.74, 6) is -0.601. The first-order valence-electron chi connectivity index (χ1n) is 11.8. The van der Waals surface area contributed by atoms with Crippen LogP contribution in [0, 0.1) is 5.92 Å². The standard InChI is InChI=1S/C27H35N3O3/c1-5-6-7-8-20-12-23(31)25(22-11-18(4)9-10-21(22)17(2)3)26(32)24(20)27(33)30-15-19-13-28-16-29-14-19/h11-14,16,21-22,31-32H,2,5-10,15H2,1,3-4H3,(H,30,33). The highest BCUT2D eigenvalue weighted by molar-refractivity contribution is 5.99. The molecular formula is C27H35N3O3. The van der Waals surface area contributed by atoms with Gasteiger partial charge in [-0.15, -0.1) is 0 Å². The number of unbranched alkanes of at least 4 members (excludes halogenated alkanes) is 2. The first-order valence-corrected chi connectivity index (χ1v) is 11.8. The number of hydrogen-bond acceptors (Lipinski definition) is 5. The van der Waals surface area contributed by atoms with Gasteiger partial charge in [0.05, 0.1) is 5.56 Å². The third kappa shape index (κ3) is 5.81. The predicted molar refractivity (Wildman–Crippen MR) is 130 cm³/mol. The molecule has 33 heavy (non-hydrogen) atoms. The van der Waals surface area contributed by atoms with Crippen LogP contribution in [0.2, 0.25) is 0 Å². The number of nitrogens with zero attached hydrogens (tertiary/aromatic N) is 2. The number of rotatable bonds is 9. The number of carbonyl (C=O) groups excluding carboxylic acids is 1. The van der Waals surface area contributed by atoms with E-state index in [2.05, 4.69) is 41.8 Å². The van der Waals surface area contributed by atoms with Crippen molar-refractivity contribution in [2.45, 2.75) is 71.8 Å². The first-order chi connectivity index (χ1) is 15.8. The van der Waals surface area contributed by atoms with Crippen molar-refractivity contribution in [3.05, 3.63) is 70.8 Å². The molecule has 2 unspecified atom stereocenters. The lowest BCUT2D eigenvalue weighted by molar-refractivity contribution is 0.0947. The van der Waals surface area contributed by atoms with E-state index in [0.717, 1.165) is 43.2 Å². The van der Waals surface area contributed by atoms with Crippen LogP contribution in [0.5, 0.6) is 11.5 Å². The van der Waals surface area contributed by atoms with Crippen LogP contribution in [-0.2, 0) is 13.0 Å². The molecule has 0 saturated heterocycles. The zero-order valence-electron chi connectivity index (χ0n) is 19.9. The number of aryl methyl sites for hydroxylation is 1. The Bertz CT molecular complexity index is 1030. The quantitative estimate of drug-likeness (QED) is 0.344. The molecule has 0 fully saturated rings. The molecule has 1 aliphatic carbocycles. The Kier molecular flexibility index (Phi) is 8.26. The Morgan fingerprint density at radius 3 is 2.64 bits per heavy atom. The lowest BCUT2D eigenvalue weighted by Crippen LogP contribution is -2.25. The molecule has 1 amide bonds. The molecule has 3 N–H and O–H groups in total. The highest BCUT2D eigenvalue weighted by atomic mass is 16.3. The number of amides is 1. The van der Waals surface area contributed by atoms with E-state index in [1.54, 1.807) is 18.5 Å². The molecule has 1 heterocycles. The SMILES string of the molecule is C=C(C)C1CCC(C)=CC1c1c(O)cc(CCCCC)c(C(=O)NCc2cncnc2)c1O. The summed E-state index contributed by atoms with van der Waals surface area (Å²) >= 11 is 0. The second-order valence-corrected chi connectivity index (χ2v) is 9.11. The maximum absolute atomic E-state index is 13.3. The van der Waals surface area contributed by atoms with Crippen LogP contribution in [0.25, 0.3) is 0 Å². The fourth-order valence-corrected chi connectivity index (χ4v) is 4.67. The smallest absolute Gasteiger partial charge is 0.255 e. The number of carbonyl (C=O) groups is 1. The number of nitrogens with one attached hydrogen (secondary N) is 1. The largest absolute Gasteiger partial charge is 0.507 e. The topological polar surface area (TPSA) is 95.3 Å². The number of aromatic nitrogens is 2. The van der Waals surface area contributed by atoms with Gasteiger partial charge in [0.2, 0.25) is 0 Å². The molecule has 2 atom stereocenters. The Hall–Kier alpha value is -3.15. The van der Waals surface area contributed by atoms with Gasteiger partial charge in [-0.3, -0.25) is 4.79 Å². The molecule has 176 valence electrons. The van der Waals surface area contributed by atoms with E-state index in [0.29, 0.717) is 17.5 Å². The number of allylic oxidation sites excluding steroid dienone is 3. The van der Waals surface area contributed by atoms with Crippen LogP contribution < -0.4 is 5.32 Å². The summed E-state index contributed by atoms with van der Waals surface area (Å²) in [5.41, 5.74) is 4.29. The van der Waals surface area contributed by atoms with Gasteiger partial charge < -0.3 is 15.5 Å². The van der Waals surface area contributed by atoms with Crippen LogP contribution in [0.15, 0.2) is 48.6 Å². The van der Waals surface area contributed by atoms with E-state index in [1.165, 1.54) is 11.9 Å². The molecule has 1 aromatic carbocycles. The summed E-state index contributed by atoms with van der Waals surface area (Å²) in [7, 11) is 0. The number of phenolic OH excluding ortho intramolecular Hbond substituents is 2. The Morgan fingerprint density at radius 2 is 1.97 bits per heavy atom. The molecule has 0 saturated carbocycles. The van der Waals surface area contributed by atoms with Gasteiger partial charge in [0.25, 0.3) is 5.91 Å². The van der Waals surface area contributed by atoms with Gasteiger partial charge in [0.1, 0.15) is 17.8 Å². The molecule has 0 radical (unpaired) electrons. The van der Waals surface area contributed by atoms with E-state index in [4.69, 9.17) is 0 Å². The summed E-state index contributed by atoms with van der Waals surface area (Å²) in [6.07, 6.45) is 12.2. The van der Waals surface area contributed by atoms with Gasteiger partial charge in [-0.1, -0.05) is 43.6 Å². The summed E-state index contributed by atoms with van der Waals surface area (Å²) in [6, 6.07) is 1.67. The van der Waals surface area contributed by atoms with E-state index >= 15 is 0 Å². The Balaban J connectivity index is 2.03. The van der Waals surface area contributed by atoms with Gasteiger partial charge in [-0.05, 0) is 57.1 Å². The average Bonchev–Trinajstić information content (AvgIpc) is 2.78.